The summed E-state index contributed by atoms with van der Waals surface area (Å²) in [5, 5.41) is 0. The molecule has 27 heavy (non-hydrogen) atoms. The molecule has 1 aromatic carbocycles. The molecule has 2 aromatic rings. The van der Waals surface area contributed by atoms with Crippen LogP contribution in [0.1, 0.15) is 30.9 Å². The number of carbonyl (C=O) groups excluding carboxylic acids is 2. The van der Waals surface area contributed by atoms with Crippen LogP contribution in [0, 0.1) is 5.92 Å². The Balaban J connectivity index is 2.08. The number of methoxy groups -OCH3 is 1. The number of rotatable bonds is 5. The molecule has 2 heterocycles. The van der Waals surface area contributed by atoms with E-state index in [2.05, 4.69) is 9.98 Å². The van der Waals surface area contributed by atoms with Crippen LogP contribution >= 0.6 is 0 Å². The Morgan fingerprint density at radius 3 is 2.44 bits per heavy atom. The molecule has 0 fully saturated rings. The molecule has 138 valence electrons. The molecule has 0 amide bonds. The average molecular weight is 362 g/mol. The number of hydrogen-bond acceptors (Lipinski definition) is 5. The number of ether oxygens (including phenoxy) is 1. The fourth-order valence-corrected chi connectivity index (χ4v) is 3.64. The Morgan fingerprint density at radius 2 is 1.81 bits per heavy atom. The van der Waals surface area contributed by atoms with Gasteiger partial charge in [0.2, 0.25) is 0 Å². The molecule has 0 bridgehead atoms. The normalized spacial score (nSPS) is 19.4. The standard InChI is InChI=1S/C22H22N2O3/c1-14-19(18(25)12-16-8-7-11-23-13-16)21(17-9-5-4-6-10-17)20(15(2)24-14)22(26)27-3/h4-11,13,20-21H,12H2,1-3H3. The Morgan fingerprint density at radius 1 is 1.07 bits per heavy atom. The third-order valence-electron chi connectivity index (χ3n) is 4.83. The van der Waals surface area contributed by atoms with E-state index in [1.807, 2.05) is 50.2 Å². The number of benzene rings is 1. The fourth-order valence-electron chi connectivity index (χ4n) is 3.64. The molecule has 0 radical (unpaired) electrons. The second kappa shape index (κ2) is 8.08. The summed E-state index contributed by atoms with van der Waals surface area (Å²) in [6.45, 7) is 3.63. The number of nitrogens with zero attached hydrogens (tertiary/aromatic N) is 2. The molecule has 2 unspecified atom stereocenters. The molecule has 2 atom stereocenters. The fraction of sp³-hybridized carbons (Fsp3) is 0.273. The maximum atomic E-state index is 13.2. The SMILES string of the molecule is COC(=O)C1C(C)=NC(C)=C(C(=O)Cc2cccnc2)C1c1ccccc1. The first kappa shape index (κ1) is 18.7. The van der Waals surface area contributed by atoms with Crippen LogP contribution in [0.25, 0.3) is 0 Å². The number of pyridine rings is 1. The van der Waals surface area contributed by atoms with Crippen LogP contribution in [-0.4, -0.2) is 29.6 Å². The molecule has 0 aliphatic carbocycles. The van der Waals surface area contributed by atoms with E-state index in [-0.39, 0.29) is 18.2 Å². The van der Waals surface area contributed by atoms with Gasteiger partial charge in [-0.05, 0) is 31.0 Å². The van der Waals surface area contributed by atoms with Crippen molar-refractivity contribution >= 4 is 17.5 Å². The van der Waals surface area contributed by atoms with Gasteiger partial charge in [-0.3, -0.25) is 19.6 Å². The van der Waals surface area contributed by atoms with Gasteiger partial charge in [0.25, 0.3) is 0 Å². The van der Waals surface area contributed by atoms with Crippen LogP contribution < -0.4 is 0 Å². The zero-order valence-electron chi connectivity index (χ0n) is 15.7. The van der Waals surface area contributed by atoms with E-state index in [1.54, 1.807) is 18.5 Å². The first-order valence-corrected chi connectivity index (χ1v) is 8.83. The van der Waals surface area contributed by atoms with Gasteiger partial charge >= 0.3 is 5.97 Å². The number of aliphatic imine (C=N–C) groups is 1. The van der Waals surface area contributed by atoms with Crippen molar-refractivity contribution in [2.75, 3.05) is 7.11 Å². The summed E-state index contributed by atoms with van der Waals surface area (Å²) in [6.07, 6.45) is 3.57. The van der Waals surface area contributed by atoms with Crippen LogP contribution in [-0.2, 0) is 20.7 Å². The van der Waals surface area contributed by atoms with E-state index in [4.69, 9.17) is 4.74 Å². The van der Waals surface area contributed by atoms with Crippen molar-refractivity contribution in [3.8, 4) is 0 Å². The van der Waals surface area contributed by atoms with Gasteiger partial charge in [0.1, 0.15) is 5.92 Å². The van der Waals surface area contributed by atoms with Gasteiger partial charge in [-0.25, -0.2) is 0 Å². The molecule has 0 spiro atoms. The minimum absolute atomic E-state index is 0.0560. The molecule has 0 N–H and O–H groups in total. The Kier molecular flexibility index (Phi) is 5.60. The van der Waals surface area contributed by atoms with Crippen LogP contribution in [0.15, 0.2) is 71.1 Å². The highest BCUT2D eigenvalue weighted by Gasteiger charge is 2.41. The summed E-state index contributed by atoms with van der Waals surface area (Å²) in [5.74, 6) is -1.47. The molecule has 1 aromatic heterocycles. The zero-order chi connectivity index (χ0) is 19.4. The maximum absolute atomic E-state index is 13.2. The number of allylic oxidation sites excluding steroid dienone is 2. The van der Waals surface area contributed by atoms with Gasteiger partial charge in [0.05, 0.1) is 7.11 Å². The molecule has 0 saturated carbocycles. The predicted octanol–water partition coefficient (Wildman–Crippen LogP) is 3.51. The van der Waals surface area contributed by atoms with Crippen molar-refractivity contribution < 1.29 is 14.3 Å². The van der Waals surface area contributed by atoms with Crippen molar-refractivity contribution in [3.05, 3.63) is 77.3 Å². The second-order valence-corrected chi connectivity index (χ2v) is 6.60. The second-order valence-electron chi connectivity index (χ2n) is 6.60. The highest BCUT2D eigenvalue weighted by atomic mass is 16.5. The summed E-state index contributed by atoms with van der Waals surface area (Å²) in [4.78, 5) is 34.4. The average Bonchev–Trinajstić information content (AvgIpc) is 2.68. The Labute approximate surface area is 158 Å². The third kappa shape index (κ3) is 3.87. The van der Waals surface area contributed by atoms with E-state index in [0.717, 1.165) is 11.1 Å². The summed E-state index contributed by atoms with van der Waals surface area (Å²) >= 11 is 0. The van der Waals surface area contributed by atoms with Gasteiger partial charge in [-0.15, -0.1) is 0 Å². The van der Waals surface area contributed by atoms with Gasteiger partial charge in [0.15, 0.2) is 5.78 Å². The van der Waals surface area contributed by atoms with E-state index in [9.17, 15) is 9.59 Å². The van der Waals surface area contributed by atoms with Crippen LogP contribution in [0.2, 0.25) is 0 Å². The van der Waals surface area contributed by atoms with Crippen molar-refractivity contribution in [1.29, 1.82) is 0 Å². The van der Waals surface area contributed by atoms with E-state index >= 15 is 0 Å². The molecule has 5 nitrogen and oxygen atoms in total. The highest BCUT2D eigenvalue weighted by Crippen LogP contribution is 2.40. The summed E-state index contributed by atoms with van der Waals surface area (Å²) in [5.41, 5.74) is 3.60. The third-order valence-corrected chi connectivity index (χ3v) is 4.83. The summed E-state index contributed by atoms with van der Waals surface area (Å²) in [7, 11) is 1.36. The lowest BCUT2D eigenvalue weighted by molar-refractivity contribution is -0.143. The molecule has 1 aliphatic rings. The van der Waals surface area contributed by atoms with Gasteiger partial charge in [-0.2, -0.15) is 0 Å². The highest BCUT2D eigenvalue weighted by molar-refractivity contribution is 6.08. The van der Waals surface area contributed by atoms with Crippen molar-refractivity contribution in [1.82, 2.24) is 4.98 Å². The summed E-state index contributed by atoms with van der Waals surface area (Å²) < 4.78 is 5.03. The lowest BCUT2D eigenvalue weighted by Crippen LogP contribution is -2.36. The number of hydrogen-bond donors (Lipinski definition) is 0. The Bertz CT molecular complexity index is 902. The predicted molar refractivity (Wildman–Crippen MR) is 103 cm³/mol. The molecular formula is C22H22N2O3. The topological polar surface area (TPSA) is 68.6 Å². The van der Waals surface area contributed by atoms with Gasteiger partial charge in [0, 0.05) is 41.7 Å². The Hall–Kier alpha value is -3.08. The molecule has 5 heteroatoms. The lowest BCUT2D eigenvalue weighted by atomic mass is 9.74. The molecule has 0 saturated heterocycles. The van der Waals surface area contributed by atoms with E-state index in [0.29, 0.717) is 17.0 Å². The lowest BCUT2D eigenvalue weighted by Gasteiger charge is -2.31. The van der Waals surface area contributed by atoms with Gasteiger partial charge in [-0.1, -0.05) is 36.4 Å². The minimum Gasteiger partial charge on any atom is -0.468 e. The van der Waals surface area contributed by atoms with Crippen molar-refractivity contribution in [2.24, 2.45) is 10.9 Å². The first-order chi connectivity index (χ1) is 13.0. The zero-order valence-corrected chi connectivity index (χ0v) is 15.7. The number of ketones is 1. The van der Waals surface area contributed by atoms with E-state index in [1.165, 1.54) is 7.11 Å². The summed E-state index contributed by atoms with van der Waals surface area (Å²) in [6, 6.07) is 13.3. The smallest absolute Gasteiger partial charge is 0.315 e. The van der Waals surface area contributed by atoms with Gasteiger partial charge < -0.3 is 4.74 Å². The maximum Gasteiger partial charge on any atom is 0.315 e. The number of esters is 1. The largest absolute Gasteiger partial charge is 0.468 e. The molecule has 3 rings (SSSR count). The molecular weight excluding hydrogens is 340 g/mol. The van der Waals surface area contributed by atoms with E-state index < -0.39 is 11.8 Å². The number of carbonyl (C=O) groups is 2. The van der Waals surface area contributed by atoms with Crippen LogP contribution in [0.4, 0.5) is 0 Å². The first-order valence-electron chi connectivity index (χ1n) is 8.83. The van der Waals surface area contributed by atoms with Crippen molar-refractivity contribution in [2.45, 2.75) is 26.2 Å². The van der Waals surface area contributed by atoms with Crippen molar-refractivity contribution in [3.63, 3.8) is 0 Å². The molecule has 1 aliphatic heterocycles. The van der Waals surface area contributed by atoms with Crippen LogP contribution in [0.3, 0.4) is 0 Å². The number of aromatic nitrogens is 1. The number of Topliss-reactive ketones (excluding diaryl/α,β-unsaturated/α-hetero) is 1. The quantitative estimate of drug-likeness (QED) is 0.763. The monoisotopic (exact) mass is 362 g/mol. The minimum atomic E-state index is -0.617. The van der Waals surface area contributed by atoms with Crippen LogP contribution in [0.5, 0.6) is 0 Å².